The van der Waals surface area contributed by atoms with E-state index >= 15 is 0 Å². The summed E-state index contributed by atoms with van der Waals surface area (Å²) in [6, 6.07) is 10.4. The summed E-state index contributed by atoms with van der Waals surface area (Å²) in [6.45, 7) is 2.46. The third-order valence-electron chi connectivity index (χ3n) is 3.12. The van der Waals surface area contributed by atoms with Gasteiger partial charge in [-0.15, -0.1) is 0 Å². The van der Waals surface area contributed by atoms with Crippen molar-refractivity contribution in [1.82, 2.24) is 0 Å². The zero-order chi connectivity index (χ0) is 15.4. The van der Waals surface area contributed by atoms with E-state index in [1.165, 1.54) is 19.2 Å². The van der Waals surface area contributed by atoms with Gasteiger partial charge in [0, 0.05) is 16.7 Å². The predicted octanol–water partition coefficient (Wildman–Crippen LogP) is 4.30. The van der Waals surface area contributed by atoms with Crippen molar-refractivity contribution >= 4 is 27.6 Å². The first kappa shape index (κ1) is 15.5. The molecule has 0 saturated heterocycles. The molecule has 1 N–H and O–H groups in total. The number of hydrogen-bond acceptors (Lipinski definition) is 3. The second kappa shape index (κ2) is 6.72. The highest BCUT2D eigenvalue weighted by Crippen LogP contribution is 2.21. The highest BCUT2D eigenvalue weighted by Gasteiger charge is 2.12. The van der Waals surface area contributed by atoms with Crippen LogP contribution in [0.1, 0.15) is 21.5 Å². The van der Waals surface area contributed by atoms with Crippen LogP contribution in [-0.4, -0.2) is 13.1 Å². The van der Waals surface area contributed by atoms with Crippen molar-refractivity contribution in [3.8, 4) is 0 Å². The minimum atomic E-state index is -0.671. The Bertz CT molecular complexity index is 673. The fourth-order valence-corrected chi connectivity index (χ4v) is 2.29. The summed E-state index contributed by atoms with van der Waals surface area (Å²) >= 11 is 3.42. The van der Waals surface area contributed by atoms with Gasteiger partial charge in [0.05, 0.1) is 12.7 Å². The molecule has 0 aromatic heterocycles. The van der Waals surface area contributed by atoms with Gasteiger partial charge >= 0.3 is 5.97 Å². The number of carbonyl (C=O) groups excluding carboxylic acids is 1. The van der Waals surface area contributed by atoms with Crippen LogP contribution in [0.3, 0.4) is 0 Å². The number of carbonyl (C=O) groups is 1. The van der Waals surface area contributed by atoms with E-state index in [4.69, 9.17) is 0 Å². The summed E-state index contributed by atoms with van der Waals surface area (Å²) in [6.07, 6.45) is 0. The van der Waals surface area contributed by atoms with Gasteiger partial charge in [-0.2, -0.15) is 0 Å². The molecule has 0 aliphatic rings. The third-order valence-corrected chi connectivity index (χ3v) is 3.61. The number of nitrogens with one attached hydrogen (secondary N) is 1. The Kier molecular flexibility index (Phi) is 4.96. The summed E-state index contributed by atoms with van der Waals surface area (Å²) in [7, 11) is 1.23. The smallest absolute Gasteiger partial charge is 0.340 e. The zero-order valence-corrected chi connectivity index (χ0v) is 13.3. The van der Waals surface area contributed by atoms with E-state index in [1.54, 1.807) is 6.07 Å². The molecule has 2 aromatic rings. The summed E-state index contributed by atoms with van der Waals surface area (Å²) in [5, 5.41) is 3.25. The van der Waals surface area contributed by atoms with Gasteiger partial charge in [-0.25, -0.2) is 9.18 Å². The van der Waals surface area contributed by atoms with Gasteiger partial charge in [-0.05, 0) is 42.3 Å². The van der Waals surface area contributed by atoms with Crippen molar-refractivity contribution in [3.63, 3.8) is 0 Å². The SMILES string of the molecule is COC(=O)c1ccc(CNc2cc(Br)ccc2C)cc1F. The molecule has 110 valence electrons. The highest BCUT2D eigenvalue weighted by molar-refractivity contribution is 9.10. The van der Waals surface area contributed by atoms with Crippen LogP contribution in [0.25, 0.3) is 0 Å². The molecule has 0 bridgehead atoms. The predicted molar refractivity (Wildman–Crippen MR) is 83.9 cm³/mol. The molecule has 21 heavy (non-hydrogen) atoms. The Morgan fingerprint density at radius 1 is 1.29 bits per heavy atom. The van der Waals surface area contributed by atoms with Crippen molar-refractivity contribution in [2.45, 2.75) is 13.5 Å². The van der Waals surface area contributed by atoms with Crippen molar-refractivity contribution in [2.75, 3.05) is 12.4 Å². The Morgan fingerprint density at radius 3 is 2.71 bits per heavy atom. The first-order chi connectivity index (χ1) is 10.0. The highest BCUT2D eigenvalue weighted by atomic mass is 79.9. The molecule has 5 heteroatoms. The van der Waals surface area contributed by atoms with Crippen LogP contribution in [0, 0.1) is 12.7 Å². The summed E-state index contributed by atoms with van der Waals surface area (Å²) in [5.74, 6) is -1.25. The Balaban J connectivity index is 2.12. The van der Waals surface area contributed by atoms with Gasteiger partial charge in [0.1, 0.15) is 5.82 Å². The van der Waals surface area contributed by atoms with Gasteiger partial charge in [0.2, 0.25) is 0 Å². The molecule has 0 radical (unpaired) electrons. The average molecular weight is 352 g/mol. The van der Waals surface area contributed by atoms with Gasteiger partial charge in [0.25, 0.3) is 0 Å². The van der Waals surface area contributed by atoms with Crippen LogP contribution in [0.2, 0.25) is 0 Å². The van der Waals surface area contributed by atoms with E-state index in [0.717, 1.165) is 21.3 Å². The molecular weight excluding hydrogens is 337 g/mol. The number of benzene rings is 2. The summed E-state index contributed by atoms with van der Waals surface area (Å²) in [5.41, 5.74) is 2.77. The van der Waals surface area contributed by atoms with Crippen LogP contribution < -0.4 is 5.32 Å². The van der Waals surface area contributed by atoms with E-state index in [2.05, 4.69) is 26.0 Å². The maximum atomic E-state index is 13.8. The number of esters is 1. The molecule has 2 rings (SSSR count). The van der Waals surface area contributed by atoms with Gasteiger partial charge in [-0.3, -0.25) is 0 Å². The van der Waals surface area contributed by atoms with E-state index < -0.39 is 11.8 Å². The van der Waals surface area contributed by atoms with Gasteiger partial charge in [-0.1, -0.05) is 28.1 Å². The topological polar surface area (TPSA) is 38.3 Å². The molecule has 0 unspecified atom stereocenters. The Labute approximate surface area is 131 Å². The minimum Gasteiger partial charge on any atom is -0.465 e. The van der Waals surface area contributed by atoms with Crippen LogP contribution in [-0.2, 0) is 11.3 Å². The van der Waals surface area contributed by atoms with Crippen LogP contribution in [0.15, 0.2) is 40.9 Å². The number of aryl methyl sites for hydroxylation is 1. The molecule has 0 aliphatic carbocycles. The molecule has 0 saturated carbocycles. The second-order valence-corrected chi connectivity index (χ2v) is 5.53. The van der Waals surface area contributed by atoms with Crippen molar-refractivity contribution in [2.24, 2.45) is 0 Å². The number of rotatable bonds is 4. The lowest BCUT2D eigenvalue weighted by atomic mass is 10.1. The second-order valence-electron chi connectivity index (χ2n) is 4.62. The summed E-state index contributed by atoms with van der Waals surface area (Å²) in [4.78, 5) is 11.3. The number of ether oxygens (including phenoxy) is 1. The average Bonchev–Trinajstić information content (AvgIpc) is 2.47. The fraction of sp³-hybridized carbons (Fsp3) is 0.188. The van der Waals surface area contributed by atoms with E-state index in [9.17, 15) is 9.18 Å². The zero-order valence-electron chi connectivity index (χ0n) is 11.7. The molecule has 2 aromatic carbocycles. The molecule has 0 atom stereocenters. The molecule has 3 nitrogen and oxygen atoms in total. The fourth-order valence-electron chi connectivity index (χ4n) is 1.93. The van der Waals surface area contributed by atoms with E-state index in [0.29, 0.717) is 6.54 Å². The molecule has 0 heterocycles. The molecule has 0 aliphatic heterocycles. The number of halogens is 2. The lowest BCUT2D eigenvalue weighted by Gasteiger charge is -2.11. The Hall–Kier alpha value is -1.88. The quantitative estimate of drug-likeness (QED) is 0.834. The summed E-state index contributed by atoms with van der Waals surface area (Å²) < 4.78 is 19.3. The van der Waals surface area contributed by atoms with Crippen molar-refractivity contribution < 1.29 is 13.9 Å². The maximum Gasteiger partial charge on any atom is 0.340 e. The van der Waals surface area contributed by atoms with E-state index in [-0.39, 0.29) is 5.56 Å². The number of hydrogen-bond donors (Lipinski definition) is 1. The number of methoxy groups -OCH3 is 1. The molecule has 0 spiro atoms. The monoisotopic (exact) mass is 351 g/mol. The lowest BCUT2D eigenvalue weighted by Crippen LogP contribution is -2.06. The first-order valence-corrected chi connectivity index (χ1v) is 7.17. The van der Waals surface area contributed by atoms with Crippen molar-refractivity contribution in [1.29, 1.82) is 0 Å². The Morgan fingerprint density at radius 2 is 2.05 bits per heavy atom. The molecule has 0 amide bonds. The molecular formula is C16H15BrFNO2. The minimum absolute atomic E-state index is 0.0557. The van der Waals surface area contributed by atoms with Crippen molar-refractivity contribution in [3.05, 3.63) is 63.4 Å². The van der Waals surface area contributed by atoms with Gasteiger partial charge in [0.15, 0.2) is 0 Å². The van der Waals surface area contributed by atoms with Crippen LogP contribution in [0.5, 0.6) is 0 Å². The van der Waals surface area contributed by atoms with Gasteiger partial charge < -0.3 is 10.1 Å². The maximum absolute atomic E-state index is 13.8. The van der Waals surface area contributed by atoms with Crippen LogP contribution in [0.4, 0.5) is 10.1 Å². The van der Waals surface area contributed by atoms with E-state index in [1.807, 2.05) is 25.1 Å². The molecule has 0 fully saturated rings. The largest absolute Gasteiger partial charge is 0.465 e. The normalized spacial score (nSPS) is 10.3. The third kappa shape index (κ3) is 3.82. The standard InChI is InChI=1S/C16H15BrFNO2/c1-10-3-5-12(17)8-15(10)19-9-11-4-6-13(14(18)7-11)16(20)21-2/h3-8,19H,9H2,1-2H3. The lowest BCUT2D eigenvalue weighted by molar-refractivity contribution is 0.0595. The van der Waals surface area contributed by atoms with Crippen LogP contribution >= 0.6 is 15.9 Å². The first-order valence-electron chi connectivity index (χ1n) is 6.38. The number of anilines is 1.